The lowest BCUT2D eigenvalue weighted by atomic mass is 9.82. The van der Waals surface area contributed by atoms with Crippen LogP contribution in [0.4, 0.5) is 0 Å². The monoisotopic (exact) mass is 331 g/mol. The van der Waals surface area contributed by atoms with Gasteiger partial charge in [-0.05, 0) is 61.3 Å². The Hall–Kier alpha value is 0.1000. The first kappa shape index (κ1) is 14.5. The minimum atomic E-state index is 0.343. The summed E-state index contributed by atoms with van der Waals surface area (Å²) in [6.07, 6.45) is 1.80. The minimum absolute atomic E-state index is 0.343. The van der Waals surface area contributed by atoms with Gasteiger partial charge in [0.05, 0.1) is 16.0 Å². The first-order chi connectivity index (χ1) is 8.52. The van der Waals surface area contributed by atoms with Crippen molar-refractivity contribution < 1.29 is 4.74 Å². The van der Waals surface area contributed by atoms with E-state index in [1.165, 1.54) is 8.66 Å². The molecule has 2 nitrogen and oxygen atoms in total. The predicted octanol–water partition coefficient (Wildman–Crippen LogP) is 3.70. The largest absolute Gasteiger partial charge is 0.375 e. The zero-order valence-electron chi connectivity index (χ0n) is 11.4. The number of thiophene rings is 1. The lowest BCUT2D eigenvalue weighted by Gasteiger charge is -2.28. The van der Waals surface area contributed by atoms with Crippen molar-refractivity contribution in [2.24, 2.45) is 11.8 Å². The Kier molecular flexibility index (Phi) is 4.86. The van der Waals surface area contributed by atoms with Crippen LogP contribution in [0.2, 0.25) is 0 Å². The summed E-state index contributed by atoms with van der Waals surface area (Å²) in [6.45, 7) is 6.71. The Morgan fingerprint density at radius 1 is 1.33 bits per heavy atom. The quantitative estimate of drug-likeness (QED) is 0.908. The van der Waals surface area contributed by atoms with Crippen molar-refractivity contribution in [2.45, 2.75) is 45.4 Å². The maximum absolute atomic E-state index is 5.97. The summed E-state index contributed by atoms with van der Waals surface area (Å²) in [6, 6.07) is 4.84. The highest BCUT2D eigenvalue weighted by Crippen LogP contribution is 2.36. The fourth-order valence-corrected chi connectivity index (χ4v) is 4.64. The summed E-state index contributed by atoms with van der Waals surface area (Å²) < 4.78 is 7.18. The molecule has 1 saturated heterocycles. The van der Waals surface area contributed by atoms with E-state index in [0.717, 1.165) is 6.42 Å². The number of hydrogen-bond donors (Lipinski definition) is 1. The molecule has 0 spiro atoms. The highest BCUT2D eigenvalue weighted by atomic mass is 79.9. The first-order valence-electron chi connectivity index (χ1n) is 6.60. The Labute approximate surface area is 122 Å². The van der Waals surface area contributed by atoms with Crippen LogP contribution in [0.1, 0.15) is 25.6 Å². The summed E-state index contributed by atoms with van der Waals surface area (Å²) in [4.78, 5) is 1.43. The van der Waals surface area contributed by atoms with E-state index in [4.69, 9.17) is 4.74 Å². The van der Waals surface area contributed by atoms with Gasteiger partial charge in [0, 0.05) is 16.8 Å². The van der Waals surface area contributed by atoms with E-state index in [1.54, 1.807) is 0 Å². The third-order valence-corrected chi connectivity index (χ3v) is 5.85. The SMILES string of the molecule is CNC(Cc1ccc(Br)s1)C1C(C)OC(C)C1C. The Bertz CT molecular complexity index is 395. The van der Waals surface area contributed by atoms with Gasteiger partial charge in [0.25, 0.3) is 0 Å². The second-order valence-electron chi connectivity index (χ2n) is 5.29. The molecule has 0 aliphatic carbocycles. The molecule has 18 heavy (non-hydrogen) atoms. The molecule has 1 aromatic heterocycles. The van der Waals surface area contributed by atoms with Crippen LogP contribution in [0.5, 0.6) is 0 Å². The minimum Gasteiger partial charge on any atom is -0.375 e. The van der Waals surface area contributed by atoms with Crippen LogP contribution in [0.15, 0.2) is 15.9 Å². The molecule has 2 rings (SSSR count). The summed E-state index contributed by atoms with van der Waals surface area (Å²) >= 11 is 5.36. The van der Waals surface area contributed by atoms with Crippen LogP contribution in [0.3, 0.4) is 0 Å². The van der Waals surface area contributed by atoms with Crippen molar-refractivity contribution in [1.29, 1.82) is 0 Å². The molecule has 5 unspecified atom stereocenters. The number of hydrogen-bond acceptors (Lipinski definition) is 3. The number of likely N-dealkylation sites (N-methyl/N-ethyl adjacent to an activating group) is 1. The third-order valence-electron chi connectivity index (χ3n) is 4.20. The van der Waals surface area contributed by atoms with Gasteiger partial charge < -0.3 is 10.1 Å². The molecule has 0 saturated carbocycles. The van der Waals surface area contributed by atoms with Crippen molar-refractivity contribution in [3.63, 3.8) is 0 Å². The zero-order chi connectivity index (χ0) is 13.3. The maximum atomic E-state index is 5.97. The Morgan fingerprint density at radius 2 is 2.06 bits per heavy atom. The molecule has 2 heterocycles. The summed E-state index contributed by atoms with van der Waals surface area (Å²) in [5, 5.41) is 3.49. The van der Waals surface area contributed by atoms with Crippen molar-refractivity contribution in [3.05, 3.63) is 20.8 Å². The smallest absolute Gasteiger partial charge is 0.0701 e. The molecular weight excluding hydrogens is 310 g/mol. The summed E-state index contributed by atoms with van der Waals surface area (Å²) in [5.74, 6) is 1.20. The second-order valence-corrected chi connectivity index (χ2v) is 7.84. The van der Waals surface area contributed by atoms with Gasteiger partial charge in [-0.2, -0.15) is 0 Å². The standard InChI is InChI=1S/C14H22BrNOS/c1-8-9(2)17-10(3)14(8)12(16-4)7-11-5-6-13(15)18-11/h5-6,8-10,12,14,16H,7H2,1-4H3. The maximum Gasteiger partial charge on any atom is 0.0701 e. The summed E-state index contributed by atoms with van der Waals surface area (Å²) in [7, 11) is 2.07. The fraction of sp³-hybridized carbons (Fsp3) is 0.714. The molecule has 1 aliphatic heterocycles. The highest BCUT2D eigenvalue weighted by molar-refractivity contribution is 9.11. The average molecular weight is 332 g/mol. The van der Waals surface area contributed by atoms with E-state index in [2.05, 4.69) is 61.2 Å². The third kappa shape index (κ3) is 2.98. The number of halogens is 1. The molecule has 1 aromatic rings. The van der Waals surface area contributed by atoms with E-state index in [9.17, 15) is 0 Å². The van der Waals surface area contributed by atoms with Gasteiger partial charge in [0.1, 0.15) is 0 Å². The topological polar surface area (TPSA) is 21.3 Å². The van der Waals surface area contributed by atoms with Crippen molar-refractivity contribution in [2.75, 3.05) is 7.05 Å². The van der Waals surface area contributed by atoms with Crippen molar-refractivity contribution in [1.82, 2.24) is 5.32 Å². The van der Waals surface area contributed by atoms with Crippen LogP contribution in [0.25, 0.3) is 0 Å². The van der Waals surface area contributed by atoms with E-state index in [-0.39, 0.29) is 0 Å². The molecule has 5 atom stereocenters. The molecule has 1 aliphatic rings. The predicted molar refractivity (Wildman–Crippen MR) is 81.2 cm³/mol. The van der Waals surface area contributed by atoms with Crippen molar-refractivity contribution >= 4 is 27.3 Å². The van der Waals surface area contributed by atoms with Crippen LogP contribution >= 0.6 is 27.3 Å². The molecule has 4 heteroatoms. The number of ether oxygens (including phenoxy) is 1. The zero-order valence-corrected chi connectivity index (χ0v) is 13.8. The van der Waals surface area contributed by atoms with E-state index in [1.807, 2.05) is 11.3 Å². The Morgan fingerprint density at radius 3 is 2.50 bits per heavy atom. The molecule has 102 valence electrons. The molecule has 1 fully saturated rings. The molecule has 1 N–H and O–H groups in total. The van der Waals surface area contributed by atoms with E-state index in [0.29, 0.717) is 30.1 Å². The molecule has 0 radical (unpaired) electrons. The van der Waals surface area contributed by atoms with Gasteiger partial charge >= 0.3 is 0 Å². The van der Waals surface area contributed by atoms with Gasteiger partial charge in [-0.15, -0.1) is 11.3 Å². The van der Waals surface area contributed by atoms with Crippen LogP contribution in [-0.4, -0.2) is 25.3 Å². The van der Waals surface area contributed by atoms with Crippen molar-refractivity contribution in [3.8, 4) is 0 Å². The lowest BCUT2D eigenvalue weighted by molar-refractivity contribution is 0.0479. The van der Waals surface area contributed by atoms with Gasteiger partial charge in [-0.3, -0.25) is 0 Å². The summed E-state index contributed by atoms with van der Waals surface area (Å²) in [5.41, 5.74) is 0. The molecular formula is C14H22BrNOS. The number of rotatable bonds is 4. The second kappa shape index (κ2) is 6.04. The number of nitrogens with one attached hydrogen (secondary N) is 1. The average Bonchev–Trinajstić information content (AvgIpc) is 2.82. The first-order valence-corrected chi connectivity index (χ1v) is 8.20. The molecule has 0 aromatic carbocycles. The highest BCUT2D eigenvalue weighted by Gasteiger charge is 2.41. The lowest BCUT2D eigenvalue weighted by Crippen LogP contribution is -2.41. The van der Waals surface area contributed by atoms with Gasteiger partial charge in [0.2, 0.25) is 0 Å². The van der Waals surface area contributed by atoms with Gasteiger partial charge in [0.15, 0.2) is 0 Å². The van der Waals surface area contributed by atoms with Crippen LogP contribution in [-0.2, 0) is 11.2 Å². The normalized spacial score (nSPS) is 33.8. The Balaban J connectivity index is 2.08. The van der Waals surface area contributed by atoms with Gasteiger partial charge in [-0.25, -0.2) is 0 Å². The van der Waals surface area contributed by atoms with Crippen LogP contribution < -0.4 is 5.32 Å². The van der Waals surface area contributed by atoms with E-state index < -0.39 is 0 Å². The van der Waals surface area contributed by atoms with Crippen LogP contribution in [0, 0.1) is 11.8 Å². The molecule has 0 amide bonds. The fourth-order valence-electron chi connectivity index (χ4n) is 3.10. The molecule has 0 bridgehead atoms. The van der Waals surface area contributed by atoms with Gasteiger partial charge in [-0.1, -0.05) is 6.92 Å². The van der Waals surface area contributed by atoms with E-state index >= 15 is 0 Å².